The summed E-state index contributed by atoms with van der Waals surface area (Å²) in [6.07, 6.45) is 1.42. The van der Waals surface area contributed by atoms with E-state index in [1.54, 1.807) is 0 Å². The number of rotatable bonds is 4. The third-order valence-corrected chi connectivity index (χ3v) is 4.14. The summed E-state index contributed by atoms with van der Waals surface area (Å²) in [4.78, 5) is 2.83. The molecular formula is C15H22N2OS. The van der Waals surface area contributed by atoms with E-state index in [1.807, 2.05) is 18.2 Å². The van der Waals surface area contributed by atoms with Gasteiger partial charge in [-0.2, -0.15) is 0 Å². The number of benzene rings is 1. The first kappa shape index (κ1) is 14.4. The maximum atomic E-state index is 10.1. The average Bonchev–Trinajstić information content (AvgIpc) is 2.40. The van der Waals surface area contributed by atoms with Gasteiger partial charge in [0.05, 0.1) is 11.1 Å². The lowest BCUT2D eigenvalue weighted by molar-refractivity contribution is 0.0108. The monoisotopic (exact) mass is 278 g/mol. The molecule has 1 heterocycles. The molecule has 3 atom stereocenters. The first-order valence-corrected chi connectivity index (χ1v) is 7.24. The van der Waals surface area contributed by atoms with Crippen LogP contribution in [0.3, 0.4) is 0 Å². The van der Waals surface area contributed by atoms with E-state index in [0.29, 0.717) is 23.9 Å². The first-order chi connectivity index (χ1) is 9.08. The molecule has 1 aromatic carbocycles. The first-order valence-electron chi connectivity index (χ1n) is 6.83. The Morgan fingerprint density at radius 3 is 2.74 bits per heavy atom. The number of hydrogen-bond acceptors (Lipinski definition) is 3. The molecule has 0 aromatic heterocycles. The van der Waals surface area contributed by atoms with E-state index in [-0.39, 0.29) is 12.1 Å². The number of thiocarbonyl (C=S) groups is 1. The molecule has 3 nitrogen and oxygen atoms in total. The highest BCUT2D eigenvalue weighted by Gasteiger charge is 2.29. The lowest BCUT2D eigenvalue weighted by Crippen LogP contribution is -2.45. The van der Waals surface area contributed by atoms with Crippen LogP contribution in [0.25, 0.3) is 0 Å². The van der Waals surface area contributed by atoms with Gasteiger partial charge in [0, 0.05) is 19.0 Å². The Labute approximate surface area is 120 Å². The summed E-state index contributed by atoms with van der Waals surface area (Å²) in [6, 6.07) is 10.5. The summed E-state index contributed by atoms with van der Waals surface area (Å²) < 4.78 is 0. The number of hydrogen-bond donors (Lipinski definition) is 2. The second-order valence-corrected chi connectivity index (χ2v) is 5.95. The third-order valence-electron chi connectivity index (χ3n) is 3.97. The normalized spacial score (nSPS) is 26.0. The molecular weight excluding hydrogens is 256 g/mol. The molecule has 0 saturated carbocycles. The van der Waals surface area contributed by atoms with Gasteiger partial charge in [0.2, 0.25) is 0 Å². The minimum absolute atomic E-state index is 0.181. The van der Waals surface area contributed by atoms with Gasteiger partial charge in [0.15, 0.2) is 0 Å². The second kappa shape index (κ2) is 6.46. The molecule has 1 aliphatic rings. The van der Waals surface area contributed by atoms with Crippen LogP contribution in [0.5, 0.6) is 0 Å². The maximum Gasteiger partial charge on any atom is 0.0746 e. The number of aliphatic hydroxyl groups is 1. The Morgan fingerprint density at radius 1 is 1.47 bits per heavy atom. The second-order valence-electron chi connectivity index (χ2n) is 5.43. The maximum absolute atomic E-state index is 10.1. The van der Waals surface area contributed by atoms with Crippen molar-refractivity contribution in [3.8, 4) is 0 Å². The van der Waals surface area contributed by atoms with Gasteiger partial charge in [-0.3, -0.25) is 4.90 Å². The van der Waals surface area contributed by atoms with Crippen LogP contribution in [0.4, 0.5) is 0 Å². The summed E-state index contributed by atoms with van der Waals surface area (Å²) in [5.74, 6) is 0.373. The van der Waals surface area contributed by atoms with Crippen molar-refractivity contribution in [3.05, 3.63) is 35.9 Å². The van der Waals surface area contributed by atoms with E-state index in [9.17, 15) is 5.11 Å². The number of nitrogens with zero attached hydrogens (tertiary/aromatic N) is 1. The predicted octanol–water partition coefficient (Wildman–Crippen LogP) is 2.11. The molecule has 0 bridgehead atoms. The van der Waals surface area contributed by atoms with Crippen molar-refractivity contribution < 1.29 is 5.11 Å². The van der Waals surface area contributed by atoms with Crippen LogP contribution >= 0.6 is 12.2 Å². The lowest BCUT2D eigenvalue weighted by atomic mass is 9.92. The van der Waals surface area contributed by atoms with Crippen LogP contribution in [-0.2, 0) is 0 Å². The molecule has 104 valence electrons. The number of likely N-dealkylation sites (tertiary alicyclic amines) is 1. The van der Waals surface area contributed by atoms with Crippen molar-refractivity contribution in [2.45, 2.75) is 31.9 Å². The van der Waals surface area contributed by atoms with Crippen LogP contribution in [0.2, 0.25) is 0 Å². The summed E-state index contributed by atoms with van der Waals surface area (Å²) in [5.41, 5.74) is 6.96. The number of β-amino-alcohol motifs (C(OH)–C–C–N with tert-alkyl or cyclic N) is 1. The van der Waals surface area contributed by atoms with E-state index in [1.165, 1.54) is 5.56 Å². The zero-order valence-electron chi connectivity index (χ0n) is 11.3. The molecule has 3 unspecified atom stereocenters. The van der Waals surface area contributed by atoms with Gasteiger partial charge >= 0.3 is 0 Å². The fraction of sp³-hybridized carbons (Fsp3) is 0.533. The van der Waals surface area contributed by atoms with Gasteiger partial charge in [-0.1, -0.05) is 49.5 Å². The molecule has 4 heteroatoms. The molecule has 1 fully saturated rings. The summed E-state index contributed by atoms with van der Waals surface area (Å²) >= 11 is 5.08. The van der Waals surface area contributed by atoms with Crippen LogP contribution in [-0.4, -0.2) is 34.2 Å². The number of piperidine rings is 1. The fourth-order valence-electron chi connectivity index (χ4n) is 2.68. The van der Waals surface area contributed by atoms with E-state index < -0.39 is 0 Å². The predicted molar refractivity (Wildman–Crippen MR) is 81.9 cm³/mol. The Hall–Kier alpha value is -0.970. The Morgan fingerprint density at radius 2 is 2.16 bits per heavy atom. The molecule has 1 aliphatic heterocycles. The van der Waals surface area contributed by atoms with Crippen LogP contribution in [0.15, 0.2) is 30.3 Å². The lowest BCUT2D eigenvalue weighted by Gasteiger charge is -2.39. The van der Waals surface area contributed by atoms with E-state index in [2.05, 4.69) is 24.0 Å². The minimum atomic E-state index is -0.258. The Kier molecular flexibility index (Phi) is 4.91. The Bertz CT molecular complexity index is 423. The number of nitrogens with two attached hydrogens (primary N) is 1. The molecule has 0 radical (unpaired) electrons. The molecule has 19 heavy (non-hydrogen) atoms. The standard InChI is InChI=1S/C15H22N2OS/c1-11-7-8-17(10-14(11)18)13(9-15(16)19)12-5-3-2-4-6-12/h2-6,11,13-14,18H,7-10H2,1H3,(H2,16,19). The van der Waals surface area contributed by atoms with Crippen molar-refractivity contribution in [1.82, 2.24) is 4.90 Å². The van der Waals surface area contributed by atoms with Gasteiger partial charge in [-0.05, 0) is 24.4 Å². The van der Waals surface area contributed by atoms with Crippen molar-refractivity contribution in [2.24, 2.45) is 11.7 Å². The number of aliphatic hydroxyl groups excluding tert-OH is 1. The molecule has 0 spiro atoms. The summed E-state index contributed by atoms with van der Waals surface area (Å²) in [6.45, 7) is 3.79. The topological polar surface area (TPSA) is 49.5 Å². The van der Waals surface area contributed by atoms with Gasteiger partial charge in [0.25, 0.3) is 0 Å². The molecule has 1 saturated heterocycles. The highest BCUT2D eigenvalue weighted by Crippen LogP contribution is 2.29. The van der Waals surface area contributed by atoms with Crippen LogP contribution in [0, 0.1) is 5.92 Å². The smallest absolute Gasteiger partial charge is 0.0746 e. The molecule has 2 rings (SSSR count). The largest absolute Gasteiger partial charge is 0.393 e. The van der Waals surface area contributed by atoms with Gasteiger partial charge in [-0.15, -0.1) is 0 Å². The van der Waals surface area contributed by atoms with Crippen molar-refractivity contribution in [2.75, 3.05) is 13.1 Å². The van der Waals surface area contributed by atoms with Crippen molar-refractivity contribution >= 4 is 17.2 Å². The molecule has 1 aromatic rings. The van der Waals surface area contributed by atoms with Crippen LogP contribution in [0.1, 0.15) is 31.4 Å². The zero-order chi connectivity index (χ0) is 13.8. The fourth-order valence-corrected chi connectivity index (χ4v) is 2.84. The van der Waals surface area contributed by atoms with Gasteiger partial charge < -0.3 is 10.8 Å². The van der Waals surface area contributed by atoms with Gasteiger partial charge in [-0.25, -0.2) is 0 Å². The quantitative estimate of drug-likeness (QED) is 0.828. The van der Waals surface area contributed by atoms with Crippen molar-refractivity contribution in [1.29, 1.82) is 0 Å². The summed E-state index contributed by atoms with van der Waals surface area (Å²) in [7, 11) is 0. The third kappa shape index (κ3) is 3.75. The zero-order valence-corrected chi connectivity index (χ0v) is 12.1. The highest BCUT2D eigenvalue weighted by atomic mass is 32.1. The van der Waals surface area contributed by atoms with Gasteiger partial charge in [0.1, 0.15) is 0 Å². The highest BCUT2D eigenvalue weighted by molar-refractivity contribution is 7.80. The average molecular weight is 278 g/mol. The van der Waals surface area contributed by atoms with Crippen LogP contribution < -0.4 is 5.73 Å². The minimum Gasteiger partial charge on any atom is -0.393 e. The summed E-state index contributed by atoms with van der Waals surface area (Å²) in [5, 5.41) is 10.1. The molecule has 3 N–H and O–H groups in total. The Balaban J connectivity index is 2.16. The molecule has 0 amide bonds. The van der Waals surface area contributed by atoms with E-state index in [4.69, 9.17) is 18.0 Å². The van der Waals surface area contributed by atoms with Crippen molar-refractivity contribution in [3.63, 3.8) is 0 Å². The van der Waals surface area contributed by atoms with E-state index in [0.717, 1.165) is 13.0 Å². The SMILES string of the molecule is CC1CCN(C(CC(N)=S)c2ccccc2)CC1O. The molecule has 0 aliphatic carbocycles. The van der Waals surface area contributed by atoms with E-state index >= 15 is 0 Å².